The monoisotopic (exact) mass is 239 g/mol. The first-order chi connectivity index (χ1) is 7.65. The summed E-state index contributed by atoms with van der Waals surface area (Å²) in [6.45, 7) is 5.58. The van der Waals surface area contributed by atoms with Crippen molar-refractivity contribution in [2.45, 2.75) is 6.54 Å². The van der Waals surface area contributed by atoms with Crippen LogP contribution in [0.2, 0.25) is 0 Å². The molecule has 2 nitrogen and oxygen atoms in total. The lowest BCUT2D eigenvalue weighted by atomic mass is 10.2. The Balaban J connectivity index is 2.55. The van der Waals surface area contributed by atoms with Crippen LogP contribution in [-0.4, -0.2) is 31.5 Å². The Bertz CT molecular complexity index is 352. The van der Waals surface area contributed by atoms with Crippen LogP contribution in [0.1, 0.15) is 5.56 Å². The fourth-order valence-corrected chi connectivity index (χ4v) is 1.65. The Morgan fingerprint density at radius 2 is 2.25 bits per heavy atom. The normalized spacial score (nSPS) is 10.5. The van der Waals surface area contributed by atoms with Gasteiger partial charge in [-0.2, -0.15) is 0 Å². The van der Waals surface area contributed by atoms with Gasteiger partial charge in [0.05, 0.1) is 7.11 Å². The molecule has 0 saturated heterocycles. The van der Waals surface area contributed by atoms with Gasteiger partial charge in [0.2, 0.25) is 0 Å². The molecule has 0 radical (unpaired) electrons. The standard InChI is InChI=1S/C13H18ClNO/c1-11(8-14)9-15(2)10-12-5-4-6-13(7-12)16-3/h4-7H,1,8-10H2,2-3H3. The summed E-state index contributed by atoms with van der Waals surface area (Å²) in [5, 5.41) is 0. The zero-order valence-corrected chi connectivity index (χ0v) is 10.6. The van der Waals surface area contributed by atoms with Gasteiger partial charge < -0.3 is 4.74 Å². The van der Waals surface area contributed by atoms with E-state index in [0.29, 0.717) is 5.88 Å². The van der Waals surface area contributed by atoms with Crippen molar-refractivity contribution in [1.82, 2.24) is 4.90 Å². The molecule has 1 aromatic rings. The quantitative estimate of drug-likeness (QED) is 0.559. The summed E-state index contributed by atoms with van der Waals surface area (Å²) in [5.74, 6) is 1.41. The van der Waals surface area contributed by atoms with Crippen molar-refractivity contribution >= 4 is 11.6 Å². The average Bonchev–Trinajstić information content (AvgIpc) is 2.28. The van der Waals surface area contributed by atoms with Gasteiger partial charge in [-0.15, -0.1) is 11.6 Å². The van der Waals surface area contributed by atoms with Crippen LogP contribution in [0.5, 0.6) is 5.75 Å². The molecule has 0 aromatic heterocycles. The molecule has 0 aliphatic rings. The number of hydrogen-bond donors (Lipinski definition) is 0. The van der Waals surface area contributed by atoms with Crippen LogP contribution in [0.3, 0.4) is 0 Å². The minimum Gasteiger partial charge on any atom is -0.497 e. The smallest absolute Gasteiger partial charge is 0.119 e. The second kappa shape index (κ2) is 6.56. The third-order valence-electron chi connectivity index (χ3n) is 2.27. The van der Waals surface area contributed by atoms with Gasteiger partial charge in [-0.05, 0) is 30.3 Å². The van der Waals surface area contributed by atoms with Crippen LogP contribution in [0.15, 0.2) is 36.4 Å². The van der Waals surface area contributed by atoms with Crippen LogP contribution in [0, 0.1) is 0 Å². The average molecular weight is 240 g/mol. The van der Waals surface area contributed by atoms with E-state index in [1.807, 2.05) is 18.2 Å². The first-order valence-electron chi connectivity index (χ1n) is 5.19. The molecule has 0 N–H and O–H groups in total. The maximum atomic E-state index is 5.70. The highest BCUT2D eigenvalue weighted by Crippen LogP contribution is 2.14. The summed E-state index contributed by atoms with van der Waals surface area (Å²) < 4.78 is 5.18. The predicted molar refractivity (Wildman–Crippen MR) is 69.2 cm³/mol. The van der Waals surface area contributed by atoms with Gasteiger partial charge in [0.15, 0.2) is 0 Å². The molecule has 0 spiro atoms. The van der Waals surface area contributed by atoms with E-state index in [0.717, 1.165) is 24.4 Å². The highest BCUT2D eigenvalue weighted by molar-refractivity contribution is 6.19. The number of rotatable bonds is 6. The fourth-order valence-electron chi connectivity index (χ4n) is 1.56. The van der Waals surface area contributed by atoms with Crippen LogP contribution < -0.4 is 4.74 Å². The van der Waals surface area contributed by atoms with Gasteiger partial charge in [0.25, 0.3) is 0 Å². The molecule has 0 saturated carbocycles. The first-order valence-corrected chi connectivity index (χ1v) is 5.73. The van der Waals surface area contributed by atoms with E-state index in [-0.39, 0.29) is 0 Å². The van der Waals surface area contributed by atoms with Crippen molar-refractivity contribution in [3.05, 3.63) is 42.0 Å². The molecule has 0 aliphatic heterocycles. The molecule has 0 aliphatic carbocycles. The summed E-state index contributed by atoms with van der Waals surface area (Å²) in [6, 6.07) is 8.07. The molecular weight excluding hydrogens is 222 g/mol. The van der Waals surface area contributed by atoms with E-state index in [1.54, 1.807) is 7.11 Å². The SMILES string of the molecule is C=C(CCl)CN(C)Cc1cccc(OC)c1. The van der Waals surface area contributed by atoms with Crippen LogP contribution >= 0.6 is 11.6 Å². The summed E-state index contributed by atoms with van der Waals surface area (Å²) >= 11 is 5.70. The topological polar surface area (TPSA) is 12.5 Å². The van der Waals surface area contributed by atoms with E-state index in [4.69, 9.17) is 16.3 Å². The van der Waals surface area contributed by atoms with Crippen molar-refractivity contribution in [2.24, 2.45) is 0 Å². The molecule has 0 bridgehead atoms. The highest BCUT2D eigenvalue weighted by Gasteiger charge is 2.02. The number of hydrogen-bond acceptors (Lipinski definition) is 2. The largest absolute Gasteiger partial charge is 0.497 e. The maximum Gasteiger partial charge on any atom is 0.119 e. The van der Waals surface area contributed by atoms with Gasteiger partial charge in [0, 0.05) is 19.0 Å². The molecule has 3 heteroatoms. The second-order valence-electron chi connectivity index (χ2n) is 3.91. The van der Waals surface area contributed by atoms with Crippen LogP contribution in [0.25, 0.3) is 0 Å². The van der Waals surface area contributed by atoms with E-state index in [1.165, 1.54) is 5.56 Å². The third-order valence-corrected chi connectivity index (χ3v) is 2.65. The van der Waals surface area contributed by atoms with E-state index in [2.05, 4.69) is 24.6 Å². The maximum absolute atomic E-state index is 5.70. The van der Waals surface area contributed by atoms with Crippen molar-refractivity contribution in [2.75, 3.05) is 26.6 Å². The Morgan fingerprint density at radius 1 is 1.50 bits per heavy atom. The molecule has 0 atom stereocenters. The van der Waals surface area contributed by atoms with Crippen molar-refractivity contribution < 1.29 is 4.74 Å². The first kappa shape index (κ1) is 13.1. The molecule has 0 unspecified atom stereocenters. The van der Waals surface area contributed by atoms with Gasteiger partial charge in [-0.25, -0.2) is 0 Å². The lowest BCUT2D eigenvalue weighted by Crippen LogP contribution is -2.20. The summed E-state index contributed by atoms with van der Waals surface area (Å²) in [6.07, 6.45) is 0. The van der Waals surface area contributed by atoms with E-state index >= 15 is 0 Å². The molecule has 1 aromatic carbocycles. The van der Waals surface area contributed by atoms with Crippen molar-refractivity contribution in [3.8, 4) is 5.75 Å². The van der Waals surface area contributed by atoms with Gasteiger partial charge in [0.1, 0.15) is 5.75 Å². The number of likely N-dealkylation sites (N-methyl/N-ethyl adjacent to an activating group) is 1. The molecule has 0 amide bonds. The minimum absolute atomic E-state index is 0.516. The molecular formula is C13H18ClNO. The number of ether oxygens (including phenoxy) is 1. The molecule has 88 valence electrons. The third kappa shape index (κ3) is 4.25. The van der Waals surface area contributed by atoms with Crippen LogP contribution in [-0.2, 0) is 6.54 Å². The summed E-state index contributed by atoms with van der Waals surface area (Å²) in [5.41, 5.74) is 2.26. The van der Waals surface area contributed by atoms with Gasteiger partial charge in [-0.1, -0.05) is 18.7 Å². The zero-order chi connectivity index (χ0) is 12.0. The van der Waals surface area contributed by atoms with Gasteiger partial charge in [-0.3, -0.25) is 4.90 Å². The predicted octanol–water partition coefficient (Wildman–Crippen LogP) is 2.92. The lowest BCUT2D eigenvalue weighted by Gasteiger charge is -2.17. The Morgan fingerprint density at radius 3 is 2.88 bits per heavy atom. The molecule has 16 heavy (non-hydrogen) atoms. The number of benzene rings is 1. The molecule has 0 heterocycles. The van der Waals surface area contributed by atoms with Crippen molar-refractivity contribution in [1.29, 1.82) is 0 Å². The Kier molecular flexibility index (Phi) is 5.36. The highest BCUT2D eigenvalue weighted by atomic mass is 35.5. The van der Waals surface area contributed by atoms with Gasteiger partial charge >= 0.3 is 0 Å². The van der Waals surface area contributed by atoms with E-state index < -0.39 is 0 Å². The Hall–Kier alpha value is -0.990. The number of halogens is 1. The zero-order valence-electron chi connectivity index (χ0n) is 9.87. The number of methoxy groups -OCH3 is 1. The van der Waals surface area contributed by atoms with Crippen LogP contribution in [0.4, 0.5) is 0 Å². The minimum atomic E-state index is 0.516. The number of nitrogens with zero attached hydrogens (tertiary/aromatic N) is 1. The second-order valence-corrected chi connectivity index (χ2v) is 4.17. The summed E-state index contributed by atoms with van der Waals surface area (Å²) in [7, 11) is 3.73. The molecule has 0 fully saturated rings. The summed E-state index contributed by atoms with van der Waals surface area (Å²) in [4.78, 5) is 2.18. The Labute approximate surface area is 102 Å². The number of alkyl halides is 1. The van der Waals surface area contributed by atoms with E-state index in [9.17, 15) is 0 Å². The van der Waals surface area contributed by atoms with Crippen molar-refractivity contribution in [3.63, 3.8) is 0 Å². The lowest BCUT2D eigenvalue weighted by molar-refractivity contribution is 0.354. The molecule has 1 rings (SSSR count). The fraction of sp³-hybridized carbons (Fsp3) is 0.385.